The van der Waals surface area contributed by atoms with Crippen LogP contribution in [-0.4, -0.2) is 21.0 Å². The lowest BCUT2D eigenvalue weighted by molar-refractivity contribution is 0.529. The zero-order chi connectivity index (χ0) is 12.5. The Morgan fingerprint density at radius 3 is 2.59 bits per heavy atom. The lowest BCUT2D eigenvalue weighted by atomic mass is 10.0. The molecule has 1 rings (SSSR count). The Morgan fingerprint density at radius 1 is 1.24 bits per heavy atom. The second-order valence-electron chi connectivity index (χ2n) is 4.90. The van der Waals surface area contributed by atoms with Crippen LogP contribution in [-0.2, 0) is 13.5 Å². The number of nitrogens with two attached hydrogens (primary N) is 1. The van der Waals surface area contributed by atoms with E-state index >= 15 is 0 Å². The predicted octanol–water partition coefficient (Wildman–Crippen LogP) is 2.44. The van der Waals surface area contributed by atoms with Crippen LogP contribution in [0, 0.1) is 0 Å². The summed E-state index contributed by atoms with van der Waals surface area (Å²) >= 11 is 0. The number of unbranched alkanes of at least 4 members (excludes halogenated alkanes) is 5. The first-order valence-corrected chi connectivity index (χ1v) is 6.83. The fraction of sp³-hybridized carbons (Fsp3) is 0.846. The van der Waals surface area contributed by atoms with E-state index in [1.165, 1.54) is 38.5 Å². The van der Waals surface area contributed by atoms with Crippen molar-refractivity contribution in [2.75, 3.05) is 0 Å². The van der Waals surface area contributed by atoms with Crippen LogP contribution in [0.15, 0.2) is 6.20 Å². The van der Waals surface area contributed by atoms with Gasteiger partial charge in [-0.1, -0.05) is 50.7 Å². The molecule has 0 aliphatic heterocycles. The molecule has 0 saturated carbocycles. The normalized spacial score (nSPS) is 12.9. The van der Waals surface area contributed by atoms with Crippen molar-refractivity contribution in [1.82, 2.24) is 15.0 Å². The van der Waals surface area contributed by atoms with Gasteiger partial charge in [0.1, 0.15) is 0 Å². The largest absolute Gasteiger partial charge is 0.327 e. The van der Waals surface area contributed by atoms with Gasteiger partial charge < -0.3 is 5.73 Å². The number of aromatic nitrogens is 3. The summed E-state index contributed by atoms with van der Waals surface area (Å²) in [6, 6.07) is 0.234. The summed E-state index contributed by atoms with van der Waals surface area (Å²) in [5.74, 6) is 0. The van der Waals surface area contributed by atoms with Gasteiger partial charge in [0.25, 0.3) is 0 Å². The molecule has 98 valence electrons. The van der Waals surface area contributed by atoms with E-state index in [4.69, 9.17) is 5.73 Å². The standard InChI is InChI=1S/C13H26N4/c1-3-4-5-6-7-8-9-12(14)10-13-11-17(2)16-15-13/h11-12H,3-10,14H2,1-2H3. The molecule has 0 fully saturated rings. The van der Waals surface area contributed by atoms with Gasteiger partial charge >= 0.3 is 0 Å². The van der Waals surface area contributed by atoms with Gasteiger partial charge in [0, 0.05) is 25.7 Å². The van der Waals surface area contributed by atoms with Gasteiger partial charge in [-0.2, -0.15) is 0 Å². The van der Waals surface area contributed by atoms with E-state index in [9.17, 15) is 0 Å². The van der Waals surface area contributed by atoms with E-state index < -0.39 is 0 Å². The summed E-state index contributed by atoms with van der Waals surface area (Å²) in [6.45, 7) is 2.25. The fourth-order valence-electron chi connectivity index (χ4n) is 2.05. The summed E-state index contributed by atoms with van der Waals surface area (Å²) in [7, 11) is 1.88. The quantitative estimate of drug-likeness (QED) is 0.672. The molecule has 1 aromatic rings. The number of aryl methyl sites for hydroxylation is 1. The lowest BCUT2D eigenvalue weighted by Gasteiger charge is -2.09. The Labute approximate surface area is 105 Å². The van der Waals surface area contributed by atoms with Crippen molar-refractivity contribution >= 4 is 0 Å². The second kappa shape index (κ2) is 8.23. The van der Waals surface area contributed by atoms with Crippen LogP contribution < -0.4 is 5.73 Å². The van der Waals surface area contributed by atoms with Gasteiger partial charge in [0.15, 0.2) is 0 Å². The van der Waals surface area contributed by atoms with E-state index in [1.54, 1.807) is 4.68 Å². The van der Waals surface area contributed by atoms with Crippen LogP contribution in [0.1, 0.15) is 57.6 Å². The molecule has 0 bridgehead atoms. The van der Waals surface area contributed by atoms with Crippen molar-refractivity contribution in [2.45, 2.75) is 64.3 Å². The van der Waals surface area contributed by atoms with Crippen LogP contribution >= 0.6 is 0 Å². The van der Waals surface area contributed by atoms with Crippen LogP contribution in [0.25, 0.3) is 0 Å². The van der Waals surface area contributed by atoms with E-state index in [-0.39, 0.29) is 6.04 Å². The Morgan fingerprint density at radius 2 is 1.94 bits per heavy atom. The molecule has 0 amide bonds. The molecule has 2 N–H and O–H groups in total. The first kappa shape index (κ1) is 14.2. The average molecular weight is 238 g/mol. The summed E-state index contributed by atoms with van der Waals surface area (Å²) in [4.78, 5) is 0. The van der Waals surface area contributed by atoms with Gasteiger partial charge in [-0.25, -0.2) is 0 Å². The van der Waals surface area contributed by atoms with Crippen LogP contribution in [0.5, 0.6) is 0 Å². The maximum absolute atomic E-state index is 6.08. The molecule has 0 aliphatic rings. The van der Waals surface area contributed by atoms with E-state index in [0.717, 1.165) is 18.5 Å². The molecular weight excluding hydrogens is 212 g/mol. The topological polar surface area (TPSA) is 56.7 Å². The SMILES string of the molecule is CCCCCCCCC(N)Cc1cn(C)nn1. The van der Waals surface area contributed by atoms with Crippen molar-refractivity contribution in [3.05, 3.63) is 11.9 Å². The molecule has 1 aromatic heterocycles. The van der Waals surface area contributed by atoms with Crippen LogP contribution in [0.2, 0.25) is 0 Å². The first-order valence-electron chi connectivity index (χ1n) is 6.83. The number of nitrogens with zero attached hydrogens (tertiary/aromatic N) is 3. The predicted molar refractivity (Wildman–Crippen MR) is 70.7 cm³/mol. The van der Waals surface area contributed by atoms with E-state index in [1.807, 2.05) is 13.2 Å². The minimum Gasteiger partial charge on any atom is -0.327 e. The smallest absolute Gasteiger partial charge is 0.0842 e. The minimum atomic E-state index is 0.234. The van der Waals surface area contributed by atoms with Crippen LogP contribution in [0.3, 0.4) is 0 Å². The summed E-state index contributed by atoms with van der Waals surface area (Å²) in [5, 5.41) is 7.97. The van der Waals surface area contributed by atoms with Crippen molar-refractivity contribution in [3.63, 3.8) is 0 Å². The third-order valence-electron chi connectivity index (χ3n) is 3.05. The number of rotatable bonds is 9. The van der Waals surface area contributed by atoms with Crippen LogP contribution in [0.4, 0.5) is 0 Å². The Kier molecular flexibility index (Phi) is 6.86. The highest BCUT2D eigenvalue weighted by molar-refractivity contribution is 4.94. The van der Waals surface area contributed by atoms with Crippen molar-refractivity contribution in [1.29, 1.82) is 0 Å². The molecule has 1 heterocycles. The fourth-order valence-corrected chi connectivity index (χ4v) is 2.05. The third kappa shape index (κ3) is 6.41. The summed E-state index contributed by atoms with van der Waals surface area (Å²) in [6.07, 6.45) is 11.9. The van der Waals surface area contributed by atoms with Gasteiger partial charge in [-0.05, 0) is 6.42 Å². The highest BCUT2D eigenvalue weighted by Gasteiger charge is 2.06. The molecule has 0 saturated heterocycles. The average Bonchev–Trinajstić information content (AvgIpc) is 2.69. The minimum absolute atomic E-state index is 0.234. The first-order chi connectivity index (χ1) is 8.22. The van der Waals surface area contributed by atoms with Gasteiger partial charge in [0.05, 0.1) is 5.69 Å². The van der Waals surface area contributed by atoms with Gasteiger partial charge in [-0.3, -0.25) is 4.68 Å². The molecule has 1 atom stereocenters. The van der Waals surface area contributed by atoms with Gasteiger partial charge in [-0.15, -0.1) is 5.10 Å². The van der Waals surface area contributed by atoms with Gasteiger partial charge in [0.2, 0.25) is 0 Å². The molecule has 0 aromatic carbocycles. The summed E-state index contributed by atoms with van der Waals surface area (Å²) < 4.78 is 1.73. The Bertz CT molecular complexity index is 295. The number of hydrogen-bond donors (Lipinski definition) is 1. The lowest BCUT2D eigenvalue weighted by Crippen LogP contribution is -2.22. The van der Waals surface area contributed by atoms with Crippen molar-refractivity contribution in [3.8, 4) is 0 Å². The van der Waals surface area contributed by atoms with E-state index in [2.05, 4.69) is 17.2 Å². The highest BCUT2D eigenvalue weighted by atomic mass is 15.4. The maximum atomic E-state index is 6.08. The zero-order valence-corrected chi connectivity index (χ0v) is 11.2. The van der Waals surface area contributed by atoms with Crippen molar-refractivity contribution in [2.24, 2.45) is 12.8 Å². The zero-order valence-electron chi connectivity index (χ0n) is 11.2. The monoisotopic (exact) mass is 238 g/mol. The maximum Gasteiger partial charge on any atom is 0.0842 e. The number of hydrogen-bond acceptors (Lipinski definition) is 3. The Balaban J connectivity index is 2.03. The molecule has 0 spiro atoms. The second-order valence-corrected chi connectivity index (χ2v) is 4.90. The Hall–Kier alpha value is -0.900. The summed E-state index contributed by atoms with van der Waals surface area (Å²) in [5.41, 5.74) is 7.08. The molecule has 4 heteroatoms. The highest BCUT2D eigenvalue weighted by Crippen LogP contribution is 2.09. The molecule has 0 aliphatic carbocycles. The van der Waals surface area contributed by atoms with Crippen molar-refractivity contribution < 1.29 is 0 Å². The molecule has 4 nitrogen and oxygen atoms in total. The van der Waals surface area contributed by atoms with E-state index in [0.29, 0.717) is 0 Å². The molecule has 17 heavy (non-hydrogen) atoms. The molecule has 1 unspecified atom stereocenters. The third-order valence-corrected chi connectivity index (χ3v) is 3.05. The molecule has 0 radical (unpaired) electrons. The molecular formula is C13H26N4.